The molecule has 1 heterocycles. The van der Waals surface area contributed by atoms with Gasteiger partial charge in [0, 0.05) is 18.0 Å². The van der Waals surface area contributed by atoms with E-state index in [1.165, 1.54) is 0 Å². The molecule has 1 amide bonds. The minimum absolute atomic E-state index is 0.0870. The van der Waals surface area contributed by atoms with Crippen LogP contribution in [0.5, 0.6) is 0 Å². The molecule has 1 unspecified atom stereocenters. The maximum Gasteiger partial charge on any atom is 0.266 e. The van der Waals surface area contributed by atoms with E-state index in [1.807, 2.05) is 43.0 Å². The topological polar surface area (TPSA) is 55.2 Å². The number of carbonyl (C=O) groups excluding carboxylic acids is 1. The van der Waals surface area contributed by atoms with E-state index in [-0.39, 0.29) is 23.4 Å². The summed E-state index contributed by atoms with van der Waals surface area (Å²) in [6.07, 6.45) is 2.28. The van der Waals surface area contributed by atoms with E-state index in [0.717, 1.165) is 24.1 Å². The van der Waals surface area contributed by atoms with Gasteiger partial charge in [-0.2, -0.15) is 0 Å². The van der Waals surface area contributed by atoms with Crippen LogP contribution < -0.4 is 5.56 Å². The molecule has 2 aromatic carbocycles. The number of aryl methyl sites for hydroxylation is 1. The fourth-order valence-corrected chi connectivity index (χ4v) is 4.05. The molecule has 0 aliphatic rings. The van der Waals surface area contributed by atoms with Crippen LogP contribution in [0, 0.1) is 12.8 Å². The first kappa shape index (κ1) is 24.0. The van der Waals surface area contributed by atoms with E-state index < -0.39 is 0 Å². The number of hydrogen-bond donors (Lipinski definition) is 0. The summed E-state index contributed by atoms with van der Waals surface area (Å²) in [4.78, 5) is 33.5. The van der Waals surface area contributed by atoms with Crippen LogP contribution in [-0.2, 0) is 4.79 Å². The summed E-state index contributed by atoms with van der Waals surface area (Å²) in [6.45, 7) is 10.8. The third kappa shape index (κ3) is 5.21. The van der Waals surface area contributed by atoms with Crippen molar-refractivity contribution < 1.29 is 4.79 Å². The molecule has 5 nitrogen and oxygen atoms in total. The van der Waals surface area contributed by atoms with E-state index in [1.54, 1.807) is 22.8 Å². The average molecular weight is 454 g/mol. The van der Waals surface area contributed by atoms with Crippen LogP contribution in [0.25, 0.3) is 16.6 Å². The molecule has 0 saturated heterocycles. The lowest BCUT2D eigenvalue weighted by molar-refractivity contribution is -0.134. The van der Waals surface area contributed by atoms with Gasteiger partial charge in [0.15, 0.2) is 0 Å². The summed E-state index contributed by atoms with van der Waals surface area (Å²) in [5.74, 6) is 0.917. The Hall–Kier alpha value is -2.66. The van der Waals surface area contributed by atoms with Gasteiger partial charge in [-0.1, -0.05) is 56.5 Å². The van der Waals surface area contributed by atoms with Crippen molar-refractivity contribution in [2.24, 2.45) is 5.92 Å². The predicted octanol–water partition coefficient (Wildman–Crippen LogP) is 6.08. The SMILES string of the molecule is CCCCC(=O)N(CC(C)C)C(C)c1nc2cc(Cl)ccc2c(=O)n1-c1ccc(C)cc1. The summed E-state index contributed by atoms with van der Waals surface area (Å²) < 4.78 is 1.64. The van der Waals surface area contributed by atoms with Crippen molar-refractivity contribution in [2.45, 2.75) is 59.9 Å². The van der Waals surface area contributed by atoms with Crippen molar-refractivity contribution in [3.05, 3.63) is 69.2 Å². The van der Waals surface area contributed by atoms with Crippen LogP contribution in [0.3, 0.4) is 0 Å². The lowest BCUT2D eigenvalue weighted by Crippen LogP contribution is -2.39. The predicted molar refractivity (Wildman–Crippen MR) is 132 cm³/mol. The molecule has 0 N–H and O–H groups in total. The van der Waals surface area contributed by atoms with Gasteiger partial charge in [0.25, 0.3) is 5.56 Å². The molecule has 0 aliphatic carbocycles. The minimum atomic E-state index is -0.376. The van der Waals surface area contributed by atoms with Crippen molar-refractivity contribution in [3.8, 4) is 5.69 Å². The standard InChI is InChI=1S/C26H32ClN3O2/c1-6-7-8-24(31)29(16-17(2)3)19(5)25-28-23-15-20(27)11-14-22(23)26(32)30(25)21-12-9-18(4)10-13-21/h9-15,17,19H,6-8,16H2,1-5H3. The van der Waals surface area contributed by atoms with Crippen molar-refractivity contribution >= 4 is 28.4 Å². The number of fused-ring (bicyclic) bond motifs is 1. The number of nitrogens with zero attached hydrogens (tertiary/aromatic N) is 3. The Labute approximate surface area is 195 Å². The lowest BCUT2D eigenvalue weighted by Gasteiger charge is -2.32. The number of carbonyl (C=O) groups is 1. The molecular weight excluding hydrogens is 422 g/mol. The Kier molecular flexibility index (Phi) is 7.73. The maximum atomic E-state index is 13.6. The van der Waals surface area contributed by atoms with Gasteiger partial charge in [-0.3, -0.25) is 14.2 Å². The van der Waals surface area contributed by atoms with Gasteiger partial charge < -0.3 is 4.90 Å². The first-order valence-electron chi connectivity index (χ1n) is 11.3. The first-order valence-corrected chi connectivity index (χ1v) is 11.7. The minimum Gasteiger partial charge on any atom is -0.333 e. The van der Waals surface area contributed by atoms with Crippen molar-refractivity contribution in [2.75, 3.05) is 6.54 Å². The second-order valence-electron chi connectivity index (χ2n) is 8.83. The summed E-state index contributed by atoms with van der Waals surface area (Å²) in [6, 6.07) is 12.5. The summed E-state index contributed by atoms with van der Waals surface area (Å²) >= 11 is 6.20. The number of aromatic nitrogens is 2. The lowest BCUT2D eigenvalue weighted by atomic mass is 10.1. The van der Waals surface area contributed by atoms with Crippen LogP contribution in [-0.4, -0.2) is 26.9 Å². The van der Waals surface area contributed by atoms with Crippen LogP contribution in [0.4, 0.5) is 0 Å². The Morgan fingerprint density at radius 1 is 1.12 bits per heavy atom. The molecule has 0 bridgehead atoms. The number of hydrogen-bond acceptors (Lipinski definition) is 3. The second-order valence-corrected chi connectivity index (χ2v) is 9.26. The molecule has 170 valence electrons. The smallest absolute Gasteiger partial charge is 0.266 e. The van der Waals surface area contributed by atoms with E-state index in [0.29, 0.717) is 34.7 Å². The third-order valence-corrected chi connectivity index (χ3v) is 5.85. The van der Waals surface area contributed by atoms with Crippen molar-refractivity contribution in [3.63, 3.8) is 0 Å². The Balaban J connectivity index is 2.23. The van der Waals surface area contributed by atoms with E-state index in [9.17, 15) is 9.59 Å². The summed E-state index contributed by atoms with van der Waals surface area (Å²) in [5, 5.41) is 1.02. The molecular formula is C26H32ClN3O2. The van der Waals surface area contributed by atoms with E-state index in [2.05, 4.69) is 20.8 Å². The monoisotopic (exact) mass is 453 g/mol. The number of benzene rings is 2. The molecule has 3 rings (SSSR count). The molecule has 1 aromatic heterocycles. The van der Waals surface area contributed by atoms with Gasteiger partial charge >= 0.3 is 0 Å². The summed E-state index contributed by atoms with van der Waals surface area (Å²) in [5.41, 5.74) is 2.21. The normalized spacial score (nSPS) is 12.3. The molecule has 0 saturated carbocycles. The number of halogens is 1. The van der Waals surface area contributed by atoms with Gasteiger partial charge in [0.05, 0.1) is 22.6 Å². The van der Waals surface area contributed by atoms with Crippen LogP contribution in [0.1, 0.15) is 64.4 Å². The molecule has 1 atom stereocenters. The Morgan fingerprint density at radius 2 is 1.81 bits per heavy atom. The second kappa shape index (κ2) is 10.3. The Morgan fingerprint density at radius 3 is 2.44 bits per heavy atom. The number of amides is 1. The summed E-state index contributed by atoms with van der Waals surface area (Å²) in [7, 11) is 0. The van der Waals surface area contributed by atoms with Crippen LogP contribution >= 0.6 is 11.6 Å². The van der Waals surface area contributed by atoms with Gasteiger partial charge in [-0.05, 0) is 56.5 Å². The molecule has 0 fully saturated rings. The molecule has 3 aromatic rings. The molecule has 0 aliphatic heterocycles. The largest absolute Gasteiger partial charge is 0.333 e. The van der Waals surface area contributed by atoms with Gasteiger partial charge in [-0.15, -0.1) is 0 Å². The van der Waals surface area contributed by atoms with Crippen LogP contribution in [0.2, 0.25) is 5.02 Å². The fraction of sp³-hybridized carbons (Fsp3) is 0.423. The number of unbranched alkanes of at least 4 members (excludes halogenated alkanes) is 1. The average Bonchev–Trinajstić information content (AvgIpc) is 2.75. The first-order chi connectivity index (χ1) is 15.2. The van der Waals surface area contributed by atoms with E-state index >= 15 is 0 Å². The zero-order chi connectivity index (χ0) is 23.4. The third-order valence-electron chi connectivity index (χ3n) is 5.62. The van der Waals surface area contributed by atoms with Crippen molar-refractivity contribution in [1.29, 1.82) is 0 Å². The van der Waals surface area contributed by atoms with Gasteiger partial charge in [0.1, 0.15) is 5.82 Å². The fourth-order valence-electron chi connectivity index (χ4n) is 3.88. The van der Waals surface area contributed by atoms with Gasteiger partial charge in [-0.25, -0.2) is 4.98 Å². The maximum absolute atomic E-state index is 13.6. The highest BCUT2D eigenvalue weighted by atomic mass is 35.5. The van der Waals surface area contributed by atoms with E-state index in [4.69, 9.17) is 16.6 Å². The van der Waals surface area contributed by atoms with Crippen molar-refractivity contribution in [1.82, 2.24) is 14.5 Å². The molecule has 0 spiro atoms. The highest BCUT2D eigenvalue weighted by Gasteiger charge is 2.27. The van der Waals surface area contributed by atoms with Crippen LogP contribution in [0.15, 0.2) is 47.3 Å². The molecule has 6 heteroatoms. The Bertz CT molecular complexity index is 1150. The molecule has 32 heavy (non-hydrogen) atoms. The number of rotatable bonds is 8. The quantitative estimate of drug-likeness (QED) is 0.415. The highest BCUT2D eigenvalue weighted by molar-refractivity contribution is 6.31. The zero-order valence-corrected chi connectivity index (χ0v) is 20.3. The molecule has 0 radical (unpaired) electrons. The van der Waals surface area contributed by atoms with Gasteiger partial charge in [0.2, 0.25) is 5.91 Å². The highest BCUT2D eigenvalue weighted by Crippen LogP contribution is 2.26. The zero-order valence-electron chi connectivity index (χ0n) is 19.6.